The van der Waals surface area contributed by atoms with E-state index in [0.29, 0.717) is 0 Å². The quantitative estimate of drug-likeness (QED) is 0.337. The predicted octanol–water partition coefficient (Wildman–Crippen LogP) is 6.59. The van der Waals surface area contributed by atoms with Crippen LogP contribution in [0.3, 0.4) is 0 Å². The van der Waals surface area contributed by atoms with Crippen LogP contribution >= 0.6 is 0 Å². The fourth-order valence-corrected chi connectivity index (χ4v) is 3.04. The van der Waals surface area contributed by atoms with Gasteiger partial charge in [-0.2, -0.15) is 0 Å². The van der Waals surface area contributed by atoms with Crippen molar-refractivity contribution < 1.29 is 0 Å². The molecule has 0 saturated heterocycles. The molecular formula is C24H21N3. The molecule has 0 spiro atoms. The van der Waals surface area contributed by atoms with Crippen LogP contribution in [0, 0.1) is 0 Å². The predicted molar refractivity (Wildman–Crippen MR) is 114 cm³/mol. The fourth-order valence-electron chi connectivity index (χ4n) is 3.04. The largest absolute Gasteiger partial charge is 0.368 e. The second-order valence-corrected chi connectivity index (χ2v) is 6.20. The average molecular weight is 351 g/mol. The summed E-state index contributed by atoms with van der Waals surface area (Å²) in [5.74, 6) is 0.996. The van der Waals surface area contributed by atoms with Crippen molar-refractivity contribution in [3.05, 3.63) is 110 Å². The Labute approximate surface area is 158 Å². The number of aromatic nitrogens is 2. The van der Waals surface area contributed by atoms with Gasteiger partial charge in [0.2, 0.25) is 0 Å². The van der Waals surface area contributed by atoms with Gasteiger partial charge in [0.15, 0.2) is 0 Å². The highest BCUT2D eigenvalue weighted by molar-refractivity contribution is 5.98. The zero-order chi connectivity index (χ0) is 18.3. The summed E-state index contributed by atoms with van der Waals surface area (Å²) in [6, 6.07) is 31.3. The standard InChI is InChI=1S/C20H16N2.C4H5N/c1-2-7-15(8-3-1)17-13-16-9-4-5-10-18(16)19(14-17)22-20-11-6-12-21-20;1-2-4-5-3-1/h1-14,21-22H;1-5H. The van der Waals surface area contributed by atoms with Gasteiger partial charge >= 0.3 is 0 Å². The molecule has 2 heterocycles. The highest BCUT2D eigenvalue weighted by Gasteiger charge is 2.06. The monoisotopic (exact) mass is 351 g/mol. The lowest BCUT2D eigenvalue weighted by Crippen LogP contribution is -1.92. The normalized spacial score (nSPS) is 10.2. The lowest BCUT2D eigenvalue weighted by Gasteiger charge is -2.12. The molecule has 0 amide bonds. The van der Waals surface area contributed by atoms with Gasteiger partial charge in [-0.15, -0.1) is 0 Å². The fraction of sp³-hybridized carbons (Fsp3) is 0. The summed E-state index contributed by atoms with van der Waals surface area (Å²) in [7, 11) is 0. The third kappa shape index (κ3) is 4.10. The van der Waals surface area contributed by atoms with E-state index in [-0.39, 0.29) is 0 Å². The lowest BCUT2D eigenvalue weighted by molar-refractivity contribution is 1.38. The number of anilines is 2. The molecule has 0 unspecified atom stereocenters. The molecule has 0 saturated carbocycles. The zero-order valence-electron chi connectivity index (χ0n) is 14.9. The van der Waals surface area contributed by atoms with Crippen molar-refractivity contribution in [2.75, 3.05) is 5.32 Å². The van der Waals surface area contributed by atoms with E-state index in [1.807, 2.05) is 48.9 Å². The number of rotatable bonds is 3. The number of fused-ring (bicyclic) bond motifs is 1. The smallest absolute Gasteiger partial charge is 0.107 e. The second-order valence-electron chi connectivity index (χ2n) is 6.20. The van der Waals surface area contributed by atoms with Gasteiger partial charge in [-0.3, -0.25) is 0 Å². The Bertz CT molecular complexity index is 1060. The molecule has 0 aliphatic heterocycles. The van der Waals surface area contributed by atoms with Gasteiger partial charge in [0.25, 0.3) is 0 Å². The van der Waals surface area contributed by atoms with Crippen molar-refractivity contribution in [2.24, 2.45) is 0 Å². The Kier molecular flexibility index (Phi) is 5.02. The molecule has 3 nitrogen and oxygen atoms in total. The Morgan fingerprint density at radius 1 is 0.593 bits per heavy atom. The summed E-state index contributed by atoms with van der Waals surface area (Å²) in [6.07, 6.45) is 5.67. The number of H-pyrrole nitrogens is 2. The highest BCUT2D eigenvalue weighted by atomic mass is 15.0. The maximum Gasteiger partial charge on any atom is 0.107 e. The molecule has 0 atom stereocenters. The molecular weight excluding hydrogens is 330 g/mol. The molecule has 5 rings (SSSR count). The summed E-state index contributed by atoms with van der Waals surface area (Å²) in [5, 5.41) is 5.93. The van der Waals surface area contributed by atoms with Crippen LogP contribution in [0.1, 0.15) is 0 Å². The molecule has 3 heteroatoms. The number of aromatic amines is 2. The Balaban J connectivity index is 0.000000314. The Hall–Kier alpha value is -3.72. The van der Waals surface area contributed by atoms with Gasteiger partial charge in [-0.05, 0) is 52.9 Å². The van der Waals surface area contributed by atoms with Gasteiger partial charge < -0.3 is 15.3 Å². The van der Waals surface area contributed by atoms with Crippen LogP contribution in [0.25, 0.3) is 21.9 Å². The van der Waals surface area contributed by atoms with Gasteiger partial charge in [0, 0.05) is 29.7 Å². The molecule has 3 aromatic carbocycles. The van der Waals surface area contributed by atoms with Gasteiger partial charge in [-0.25, -0.2) is 0 Å². The molecule has 132 valence electrons. The zero-order valence-corrected chi connectivity index (χ0v) is 14.9. The van der Waals surface area contributed by atoms with Crippen molar-refractivity contribution in [3.8, 4) is 11.1 Å². The van der Waals surface area contributed by atoms with Crippen LogP contribution in [0.15, 0.2) is 110 Å². The lowest BCUT2D eigenvalue weighted by atomic mass is 9.99. The summed E-state index contributed by atoms with van der Waals surface area (Å²) in [4.78, 5) is 6.06. The van der Waals surface area contributed by atoms with Gasteiger partial charge in [-0.1, -0.05) is 54.6 Å². The van der Waals surface area contributed by atoms with Crippen molar-refractivity contribution in [1.82, 2.24) is 9.97 Å². The Morgan fingerprint density at radius 3 is 2.07 bits per heavy atom. The van der Waals surface area contributed by atoms with E-state index in [0.717, 1.165) is 11.5 Å². The van der Waals surface area contributed by atoms with E-state index < -0.39 is 0 Å². The first kappa shape index (κ1) is 16.7. The van der Waals surface area contributed by atoms with Crippen LogP contribution in [0.2, 0.25) is 0 Å². The highest BCUT2D eigenvalue weighted by Crippen LogP contribution is 2.32. The van der Waals surface area contributed by atoms with Crippen LogP contribution in [-0.4, -0.2) is 9.97 Å². The van der Waals surface area contributed by atoms with E-state index in [1.165, 1.54) is 21.9 Å². The first-order valence-corrected chi connectivity index (χ1v) is 8.96. The molecule has 27 heavy (non-hydrogen) atoms. The minimum Gasteiger partial charge on any atom is -0.368 e. The van der Waals surface area contributed by atoms with Crippen LogP contribution in [0.4, 0.5) is 11.5 Å². The maximum atomic E-state index is 3.48. The summed E-state index contributed by atoms with van der Waals surface area (Å²) in [6.45, 7) is 0. The van der Waals surface area contributed by atoms with E-state index in [4.69, 9.17) is 0 Å². The van der Waals surface area contributed by atoms with E-state index in [9.17, 15) is 0 Å². The topological polar surface area (TPSA) is 43.6 Å². The molecule has 3 N–H and O–H groups in total. The van der Waals surface area contributed by atoms with E-state index in [1.54, 1.807) is 0 Å². The van der Waals surface area contributed by atoms with Crippen molar-refractivity contribution in [2.45, 2.75) is 0 Å². The average Bonchev–Trinajstić information content (AvgIpc) is 3.46. The minimum absolute atomic E-state index is 0.996. The van der Waals surface area contributed by atoms with E-state index in [2.05, 4.69) is 75.9 Å². The number of nitrogens with one attached hydrogen (secondary N) is 3. The SMILES string of the molecule is c1cc[nH]c1.c1ccc(-c2cc(Nc3ccc[nH]3)c3ccccc3c2)cc1. The molecule has 0 bridgehead atoms. The molecule has 0 radical (unpaired) electrons. The molecule has 5 aromatic rings. The molecule has 2 aromatic heterocycles. The number of hydrogen-bond acceptors (Lipinski definition) is 1. The number of benzene rings is 3. The maximum absolute atomic E-state index is 3.48. The summed E-state index contributed by atoms with van der Waals surface area (Å²) in [5.41, 5.74) is 3.55. The molecule has 0 aliphatic carbocycles. The first-order chi connectivity index (χ1) is 13.4. The van der Waals surface area contributed by atoms with Crippen LogP contribution < -0.4 is 5.32 Å². The van der Waals surface area contributed by atoms with Gasteiger partial charge in [0.1, 0.15) is 5.82 Å². The van der Waals surface area contributed by atoms with E-state index >= 15 is 0 Å². The third-order valence-electron chi connectivity index (χ3n) is 4.33. The summed E-state index contributed by atoms with van der Waals surface area (Å²) < 4.78 is 0. The minimum atomic E-state index is 0.996. The third-order valence-corrected chi connectivity index (χ3v) is 4.33. The first-order valence-electron chi connectivity index (χ1n) is 8.96. The second kappa shape index (κ2) is 8.11. The molecule has 0 fully saturated rings. The van der Waals surface area contributed by atoms with Crippen molar-refractivity contribution in [1.29, 1.82) is 0 Å². The van der Waals surface area contributed by atoms with Crippen molar-refractivity contribution in [3.63, 3.8) is 0 Å². The Morgan fingerprint density at radius 2 is 1.37 bits per heavy atom. The summed E-state index contributed by atoms with van der Waals surface area (Å²) >= 11 is 0. The van der Waals surface area contributed by atoms with Crippen LogP contribution in [-0.2, 0) is 0 Å². The number of hydrogen-bond donors (Lipinski definition) is 3. The van der Waals surface area contributed by atoms with Crippen LogP contribution in [0.5, 0.6) is 0 Å². The molecule has 0 aliphatic rings. The van der Waals surface area contributed by atoms with Gasteiger partial charge in [0.05, 0.1) is 0 Å². The van der Waals surface area contributed by atoms with Crippen molar-refractivity contribution >= 4 is 22.3 Å².